The Morgan fingerprint density at radius 1 is 1.31 bits per heavy atom. The van der Waals surface area contributed by atoms with Gasteiger partial charge in [0.2, 0.25) is 0 Å². The first-order valence-corrected chi connectivity index (χ1v) is 10.2. The Morgan fingerprint density at radius 2 is 2.14 bits per heavy atom. The third-order valence-electron chi connectivity index (χ3n) is 4.83. The van der Waals surface area contributed by atoms with Crippen molar-refractivity contribution in [3.05, 3.63) is 38.4 Å². The maximum atomic E-state index is 13.0. The number of esters is 1. The molecule has 0 saturated carbocycles. The lowest BCUT2D eigenvalue weighted by atomic mass is 10.2. The predicted molar refractivity (Wildman–Crippen MR) is 106 cm³/mol. The largest absolute Gasteiger partial charge is 0.451 e. The fraction of sp³-hybridized carbons (Fsp3) is 0.421. The number of anilines is 1. The number of nitrogens with zero attached hydrogens (tertiary/aromatic N) is 3. The second-order valence-electron chi connectivity index (χ2n) is 6.98. The van der Waals surface area contributed by atoms with Crippen LogP contribution in [0.4, 0.5) is 5.82 Å². The molecule has 152 valence electrons. The average molecular weight is 416 g/mol. The van der Waals surface area contributed by atoms with Gasteiger partial charge in [0.1, 0.15) is 21.3 Å². The summed E-state index contributed by atoms with van der Waals surface area (Å²) in [5.41, 5.74) is 0.429. The molecule has 29 heavy (non-hydrogen) atoms. The van der Waals surface area contributed by atoms with Gasteiger partial charge in [0.15, 0.2) is 12.4 Å². The van der Waals surface area contributed by atoms with Gasteiger partial charge in [0.25, 0.3) is 11.5 Å². The zero-order valence-electron chi connectivity index (χ0n) is 16.1. The molecule has 3 aromatic heterocycles. The van der Waals surface area contributed by atoms with Crippen LogP contribution in [0.25, 0.3) is 10.2 Å². The molecule has 4 rings (SSSR count). The van der Waals surface area contributed by atoms with Crippen molar-refractivity contribution in [3.8, 4) is 0 Å². The summed E-state index contributed by atoms with van der Waals surface area (Å²) >= 11 is 1.13. The Labute approximate surface area is 169 Å². The van der Waals surface area contributed by atoms with E-state index in [1.165, 1.54) is 0 Å². The molecule has 0 spiro atoms. The summed E-state index contributed by atoms with van der Waals surface area (Å²) < 4.78 is 11.7. The summed E-state index contributed by atoms with van der Waals surface area (Å²) in [5.74, 6) is 0.381. The minimum atomic E-state index is -0.656. The molecular weight excluding hydrogens is 396 g/mol. The second-order valence-corrected chi connectivity index (χ2v) is 7.98. The number of thiophene rings is 1. The minimum absolute atomic E-state index is 0.112. The summed E-state index contributed by atoms with van der Waals surface area (Å²) in [7, 11) is 0. The molecule has 0 bridgehead atoms. The van der Waals surface area contributed by atoms with Crippen molar-refractivity contribution >= 4 is 39.2 Å². The van der Waals surface area contributed by atoms with E-state index >= 15 is 0 Å². The molecule has 0 unspecified atom stereocenters. The molecule has 0 fully saturated rings. The maximum Gasteiger partial charge on any atom is 0.349 e. The SMILES string of the molecule is Cc1cc(NC(=O)COC(=O)c2sc3nc4n(c(=O)c3c2C)CCCCC4)no1. The lowest BCUT2D eigenvalue weighted by molar-refractivity contribution is -0.119. The summed E-state index contributed by atoms with van der Waals surface area (Å²) in [6.45, 7) is 3.58. The summed E-state index contributed by atoms with van der Waals surface area (Å²) in [4.78, 5) is 42.9. The van der Waals surface area contributed by atoms with E-state index < -0.39 is 18.5 Å². The molecule has 0 aliphatic carbocycles. The highest BCUT2D eigenvalue weighted by atomic mass is 32.1. The van der Waals surface area contributed by atoms with Crippen molar-refractivity contribution in [2.24, 2.45) is 0 Å². The van der Waals surface area contributed by atoms with Crippen LogP contribution in [0.3, 0.4) is 0 Å². The van der Waals surface area contributed by atoms with E-state index in [1.54, 1.807) is 24.5 Å². The van der Waals surface area contributed by atoms with Gasteiger partial charge in [0.05, 0.1) is 5.39 Å². The fourth-order valence-electron chi connectivity index (χ4n) is 3.41. The number of hydrogen-bond acceptors (Lipinski definition) is 8. The normalized spacial score (nSPS) is 13.7. The predicted octanol–water partition coefficient (Wildman–Crippen LogP) is 2.58. The van der Waals surface area contributed by atoms with Crippen molar-refractivity contribution in [1.29, 1.82) is 0 Å². The van der Waals surface area contributed by atoms with E-state index in [-0.39, 0.29) is 16.3 Å². The van der Waals surface area contributed by atoms with Crippen LogP contribution in [0.2, 0.25) is 0 Å². The highest BCUT2D eigenvalue weighted by molar-refractivity contribution is 7.20. The van der Waals surface area contributed by atoms with E-state index in [0.717, 1.165) is 42.8 Å². The van der Waals surface area contributed by atoms with E-state index in [9.17, 15) is 14.4 Å². The molecule has 0 radical (unpaired) electrons. The first-order valence-electron chi connectivity index (χ1n) is 9.37. The van der Waals surface area contributed by atoms with Gasteiger partial charge in [-0.3, -0.25) is 14.2 Å². The minimum Gasteiger partial charge on any atom is -0.451 e. The molecule has 4 heterocycles. The zero-order valence-corrected chi connectivity index (χ0v) is 16.9. The Morgan fingerprint density at radius 3 is 2.90 bits per heavy atom. The van der Waals surface area contributed by atoms with Gasteiger partial charge in [0, 0.05) is 19.0 Å². The van der Waals surface area contributed by atoms with Gasteiger partial charge in [-0.15, -0.1) is 11.3 Å². The van der Waals surface area contributed by atoms with Crippen molar-refractivity contribution in [1.82, 2.24) is 14.7 Å². The standard InChI is InChI=1S/C19H20N4O5S/c1-10-8-12(22-28-10)20-14(24)9-27-19(26)16-11(2)15-17(29-16)21-13-6-4-3-5-7-23(13)18(15)25/h8H,3-7,9H2,1-2H3,(H,20,22,24). The summed E-state index contributed by atoms with van der Waals surface area (Å²) in [5, 5.41) is 6.58. The monoisotopic (exact) mass is 416 g/mol. The van der Waals surface area contributed by atoms with Crippen LogP contribution in [-0.4, -0.2) is 33.2 Å². The lowest BCUT2D eigenvalue weighted by Gasteiger charge is -2.08. The molecule has 0 saturated heterocycles. The van der Waals surface area contributed by atoms with Crippen molar-refractivity contribution in [2.45, 2.75) is 46.1 Å². The van der Waals surface area contributed by atoms with Gasteiger partial charge in [-0.25, -0.2) is 9.78 Å². The molecule has 9 nitrogen and oxygen atoms in total. The van der Waals surface area contributed by atoms with Gasteiger partial charge < -0.3 is 14.6 Å². The summed E-state index contributed by atoms with van der Waals surface area (Å²) in [6, 6.07) is 1.55. The topological polar surface area (TPSA) is 116 Å². The number of ether oxygens (including phenoxy) is 1. The maximum absolute atomic E-state index is 13.0. The molecule has 10 heteroatoms. The third-order valence-corrected chi connectivity index (χ3v) is 5.99. The Hall–Kier alpha value is -3.01. The van der Waals surface area contributed by atoms with Crippen LogP contribution in [0.1, 0.15) is 46.1 Å². The zero-order chi connectivity index (χ0) is 20.5. The molecule has 1 aliphatic heterocycles. The number of carbonyl (C=O) groups excluding carboxylic acids is 2. The molecule has 0 aromatic carbocycles. The van der Waals surface area contributed by atoms with E-state index in [1.807, 2.05) is 0 Å². The number of aryl methyl sites for hydroxylation is 3. The fourth-order valence-corrected chi connectivity index (χ4v) is 4.49. The third kappa shape index (κ3) is 3.80. The van der Waals surface area contributed by atoms with E-state index in [2.05, 4.69) is 15.5 Å². The van der Waals surface area contributed by atoms with Gasteiger partial charge in [-0.2, -0.15) is 0 Å². The first kappa shape index (κ1) is 19.3. The Balaban J connectivity index is 1.53. The van der Waals surface area contributed by atoms with Crippen LogP contribution in [0, 0.1) is 13.8 Å². The summed E-state index contributed by atoms with van der Waals surface area (Å²) in [6.07, 6.45) is 3.77. The van der Waals surface area contributed by atoms with Crippen LogP contribution in [0.15, 0.2) is 15.4 Å². The van der Waals surface area contributed by atoms with Crippen LogP contribution >= 0.6 is 11.3 Å². The van der Waals surface area contributed by atoms with Gasteiger partial charge >= 0.3 is 5.97 Å². The smallest absolute Gasteiger partial charge is 0.349 e. The first-order chi connectivity index (χ1) is 13.9. The average Bonchev–Trinajstić information content (AvgIpc) is 3.14. The second kappa shape index (κ2) is 7.78. The number of amides is 1. The highest BCUT2D eigenvalue weighted by Crippen LogP contribution is 2.29. The van der Waals surface area contributed by atoms with Gasteiger partial charge in [-0.1, -0.05) is 11.6 Å². The molecule has 0 atom stereocenters. The van der Waals surface area contributed by atoms with Crippen LogP contribution in [-0.2, 0) is 22.5 Å². The van der Waals surface area contributed by atoms with Gasteiger partial charge in [-0.05, 0) is 32.3 Å². The highest BCUT2D eigenvalue weighted by Gasteiger charge is 2.23. The Kier molecular flexibility index (Phi) is 5.18. The number of nitrogens with one attached hydrogen (secondary N) is 1. The molecule has 1 aliphatic rings. The van der Waals surface area contributed by atoms with Crippen molar-refractivity contribution in [3.63, 3.8) is 0 Å². The number of aromatic nitrogens is 3. The van der Waals surface area contributed by atoms with Crippen LogP contribution < -0.4 is 10.9 Å². The van der Waals surface area contributed by atoms with E-state index in [0.29, 0.717) is 28.1 Å². The number of hydrogen-bond donors (Lipinski definition) is 1. The molecular formula is C19H20N4O5S. The quantitative estimate of drug-likeness (QED) is 0.650. The lowest BCUT2D eigenvalue weighted by Crippen LogP contribution is -2.24. The number of carbonyl (C=O) groups is 2. The molecule has 1 N–H and O–H groups in total. The number of rotatable bonds is 4. The van der Waals surface area contributed by atoms with Crippen molar-refractivity contribution < 1.29 is 18.8 Å². The molecule has 3 aromatic rings. The Bertz CT molecular complexity index is 1160. The number of fused-ring (bicyclic) bond motifs is 2. The van der Waals surface area contributed by atoms with E-state index in [4.69, 9.17) is 9.26 Å². The van der Waals surface area contributed by atoms with Crippen LogP contribution in [0.5, 0.6) is 0 Å². The molecule has 1 amide bonds. The van der Waals surface area contributed by atoms with Crippen molar-refractivity contribution in [2.75, 3.05) is 11.9 Å².